The molecule has 3 rings (SSSR count). The molecule has 134 valence electrons. The van der Waals surface area contributed by atoms with Crippen molar-refractivity contribution in [2.75, 3.05) is 43.0 Å². The van der Waals surface area contributed by atoms with Crippen LogP contribution in [0.15, 0.2) is 41.3 Å². The number of halogens is 1. The van der Waals surface area contributed by atoms with Crippen LogP contribution in [0.25, 0.3) is 5.69 Å². The van der Waals surface area contributed by atoms with E-state index in [1.807, 2.05) is 18.2 Å². The van der Waals surface area contributed by atoms with Crippen LogP contribution in [0.5, 0.6) is 0 Å². The van der Waals surface area contributed by atoms with Crippen molar-refractivity contribution in [3.05, 3.63) is 51.9 Å². The van der Waals surface area contributed by atoms with Crippen LogP contribution >= 0.6 is 11.6 Å². The second-order valence-corrected chi connectivity index (χ2v) is 8.55. The Hall–Kier alpha value is -1.90. The third-order valence-electron chi connectivity index (χ3n) is 4.10. The van der Waals surface area contributed by atoms with E-state index < -0.39 is 9.84 Å². The molecule has 1 aliphatic rings. The molecule has 1 N–H and O–H groups in total. The van der Waals surface area contributed by atoms with Gasteiger partial charge in [-0.05, 0) is 12.1 Å². The molecule has 1 aliphatic heterocycles. The van der Waals surface area contributed by atoms with Crippen molar-refractivity contribution < 1.29 is 8.42 Å². The zero-order valence-corrected chi connectivity index (χ0v) is 15.1. The van der Waals surface area contributed by atoms with Crippen molar-refractivity contribution in [1.82, 2.24) is 14.7 Å². The predicted molar refractivity (Wildman–Crippen MR) is 98.4 cm³/mol. The molecule has 2 heterocycles. The molecule has 0 unspecified atom stereocenters. The predicted octanol–water partition coefficient (Wildman–Crippen LogP) is 1.03. The molecule has 0 bridgehead atoms. The first-order chi connectivity index (χ1) is 12.0. The maximum absolute atomic E-state index is 12.6. The maximum Gasteiger partial charge on any atom is 0.296 e. The van der Waals surface area contributed by atoms with E-state index in [0.29, 0.717) is 37.6 Å². The van der Waals surface area contributed by atoms with Crippen molar-refractivity contribution in [2.24, 2.45) is 0 Å². The molecule has 0 spiro atoms. The number of hydrogen-bond donors (Lipinski definition) is 1. The highest BCUT2D eigenvalue weighted by molar-refractivity contribution is 7.91. The van der Waals surface area contributed by atoms with Gasteiger partial charge in [-0.3, -0.25) is 9.69 Å². The summed E-state index contributed by atoms with van der Waals surface area (Å²) in [6.45, 7) is 2.16. The van der Waals surface area contributed by atoms with Gasteiger partial charge in [-0.25, -0.2) is 8.42 Å². The molecule has 0 atom stereocenters. The summed E-state index contributed by atoms with van der Waals surface area (Å²) in [6, 6.07) is 9.11. The largest absolute Gasteiger partial charge is 0.378 e. The quantitative estimate of drug-likeness (QED) is 0.831. The maximum atomic E-state index is 12.6. The van der Waals surface area contributed by atoms with Crippen LogP contribution < -0.4 is 10.9 Å². The molecule has 0 radical (unpaired) electrons. The zero-order chi connectivity index (χ0) is 17.9. The second kappa shape index (κ2) is 7.55. The van der Waals surface area contributed by atoms with Gasteiger partial charge in [0.15, 0.2) is 9.84 Å². The topological polar surface area (TPSA) is 84.3 Å². The minimum absolute atomic E-state index is 0.184. The lowest BCUT2D eigenvalue weighted by Crippen LogP contribution is -2.42. The molecule has 0 aliphatic carbocycles. The summed E-state index contributed by atoms with van der Waals surface area (Å²) in [5, 5.41) is 7.40. The molecule has 0 amide bonds. The van der Waals surface area contributed by atoms with E-state index in [4.69, 9.17) is 11.6 Å². The summed E-state index contributed by atoms with van der Waals surface area (Å²) in [7, 11) is -2.89. The van der Waals surface area contributed by atoms with Gasteiger partial charge in [0.1, 0.15) is 5.69 Å². The first-order valence-corrected chi connectivity index (χ1v) is 10.2. The van der Waals surface area contributed by atoms with Gasteiger partial charge >= 0.3 is 0 Å². The van der Waals surface area contributed by atoms with Gasteiger partial charge in [-0.15, -0.1) is 0 Å². The highest BCUT2D eigenvalue weighted by atomic mass is 35.5. The van der Waals surface area contributed by atoms with Crippen molar-refractivity contribution in [3.8, 4) is 5.69 Å². The van der Waals surface area contributed by atoms with Crippen LogP contribution in [0.4, 0.5) is 5.69 Å². The van der Waals surface area contributed by atoms with E-state index in [1.165, 1.54) is 10.9 Å². The molecular formula is C16H19ClN4O3S. The lowest BCUT2D eigenvalue weighted by molar-refractivity contribution is 0.307. The summed E-state index contributed by atoms with van der Waals surface area (Å²) < 4.78 is 24.2. The van der Waals surface area contributed by atoms with E-state index in [-0.39, 0.29) is 22.1 Å². The average Bonchev–Trinajstić information content (AvgIpc) is 2.60. The average molecular weight is 383 g/mol. The van der Waals surface area contributed by atoms with Crippen molar-refractivity contribution in [2.45, 2.75) is 0 Å². The van der Waals surface area contributed by atoms with Crippen LogP contribution in [0.3, 0.4) is 0 Å². The zero-order valence-electron chi connectivity index (χ0n) is 13.6. The first-order valence-electron chi connectivity index (χ1n) is 7.96. The fraction of sp³-hybridized carbons (Fsp3) is 0.375. The number of hydrogen-bond acceptors (Lipinski definition) is 6. The number of aromatic nitrogens is 2. The number of nitrogens with one attached hydrogen (secondary N) is 1. The summed E-state index contributed by atoms with van der Waals surface area (Å²) in [5.74, 6) is 0.369. The Balaban J connectivity index is 1.68. The minimum Gasteiger partial charge on any atom is -0.378 e. The van der Waals surface area contributed by atoms with Gasteiger partial charge in [0.25, 0.3) is 5.56 Å². The van der Waals surface area contributed by atoms with Gasteiger partial charge in [-0.1, -0.05) is 29.8 Å². The normalized spacial score (nSPS) is 17.3. The molecule has 0 saturated carbocycles. The number of anilines is 1. The van der Waals surface area contributed by atoms with Gasteiger partial charge in [0, 0.05) is 26.2 Å². The highest BCUT2D eigenvalue weighted by Gasteiger charge is 2.21. The minimum atomic E-state index is -2.89. The number of benzene rings is 1. The van der Waals surface area contributed by atoms with E-state index in [9.17, 15) is 13.2 Å². The van der Waals surface area contributed by atoms with E-state index >= 15 is 0 Å². The monoisotopic (exact) mass is 382 g/mol. The van der Waals surface area contributed by atoms with Crippen LogP contribution in [0.1, 0.15) is 0 Å². The fourth-order valence-corrected chi connectivity index (χ4v) is 4.13. The van der Waals surface area contributed by atoms with Crippen LogP contribution in [-0.2, 0) is 9.84 Å². The van der Waals surface area contributed by atoms with Crippen molar-refractivity contribution >= 4 is 27.1 Å². The number of sulfone groups is 1. The van der Waals surface area contributed by atoms with Crippen LogP contribution in [0, 0.1) is 0 Å². The number of para-hydroxylation sites is 1. The highest BCUT2D eigenvalue weighted by Crippen LogP contribution is 2.16. The van der Waals surface area contributed by atoms with Gasteiger partial charge in [0.05, 0.1) is 28.4 Å². The third kappa shape index (κ3) is 4.39. The third-order valence-corrected chi connectivity index (χ3v) is 5.99. The molecule has 2 aromatic rings. The summed E-state index contributed by atoms with van der Waals surface area (Å²) in [5.41, 5.74) is 0.638. The summed E-state index contributed by atoms with van der Waals surface area (Å²) in [6.07, 6.45) is 1.44. The number of rotatable bonds is 5. The van der Waals surface area contributed by atoms with E-state index in [1.54, 1.807) is 12.1 Å². The van der Waals surface area contributed by atoms with E-state index in [0.717, 1.165) is 0 Å². The standard InChI is InChI=1S/C16H19ClN4O3S/c17-14-12-19-21(13-4-2-1-3-5-13)16(22)15(14)18-6-7-20-8-10-25(23,24)11-9-20/h1-5,12,18H,6-11H2. The molecule has 1 fully saturated rings. The summed E-state index contributed by atoms with van der Waals surface area (Å²) >= 11 is 6.12. The Bertz CT molecular complexity index is 885. The van der Waals surface area contributed by atoms with Gasteiger partial charge in [0.2, 0.25) is 0 Å². The molecule has 9 heteroatoms. The molecule has 7 nitrogen and oxygen atoms in total. The van der Waals surface area contributed by atoms with Crippen molar-refractivity contribution in [3.63, 3.8) is 0 Å². The Morgan fingerprint density at radius 2 is 1.84 bits per heavy atom. The number of nitrogens with zero attached hydrogens (tertiary/aromatic N) is 3. The van der Waals surface area contributed by atoms with Crippen LogP contribution in [0.2, 0.25) is 5.02 Å². The summed E-state index contributed by atoms with van der Waals surface area (Å²) in [4.78, 5) is 14.7. The Labute approximate surface area is 151 Å². The molecular weight excluding hydrogens is 364 g/mol. The van der Waals surface area contributed by atoms with Gasteiger partial charge < -0.3 is 5.32 Å². The van der Waals surface area contributed by atoms with Gasteiger partial charge in [-0.2, -0.15) is 9.78 Å². The fourth-order valence-electron chi connectivity index (χ4n) is 2.66. The first kappa shape index (κ1) is 17.9. The molecule has 1 saturated heterocycles. The lowest BCUT2D eigenvalue weighted by atomic mass is 10.3. The molecule has 25 heavy (non-hydrogen) atoms. The van der Waals surface area contributed by atoms with E-state index in [2.05, 4.69) is 15.3 Å². The van der Waals surface area contributed by atoms with Crippen LogP contribution in [-0.4, -0.2) is 60.8 Å². The molecule has 1 aromatic carbocycles. The Kier molecular flexibility index (Phi) is 5.41. The smallest absolute Gasteiger partial charge is 0.296 e. The lowest BCUT2D eigenvalue weighted by Gasteiger charge is -2.26. The SMILES string of the molecule is O=c1c(NCCN2CCS(=O)(=O)CC2)c(Cl)cnn1-c1ccccc1. The Morgan fingerprint density at radius 3 is 2.52 bits per heavy atom. The van der Waals surface area contributed by atoms with Crippen molar-refractivity contribution in [1.29, 1.82) is 0 Å². The molecule has 1 aromatic heterocycles. The second-order valence-electron chi connectivity index (χ2n) is 5.84. The Morgan fingerprint density at radius 1 is 1.16 bits per heavy atom.